The normalized spacial score (nSPS) is 24.2. The maximum Gasteiger partial charge on any atom is 0.144 e. The number of rotatable bonds is 5. The lowest BCUT2D eigenvalue weighted by Gasteiger charge is -2.31. The van der Waals surface area contributed by atoms with E-state index in [1.165, 1.54) is 6.07 Å². The highest BCUT2D eigenvalue weighted by molar-refractivity contribution is 5.82. The first-order valence-electron chi connectivity index (χ1n) is 11.2. The van der Waals surface area contributed by atoms with E-state index >= 15 is 0 Å². The summed E-state index contributed by atoms with van der Waals surface area (Å²) >= 11 is 0. The van der Waals surface area contributed by atoms with Gasteiger partial charge in [-0.15, -0.1) is 0 Å². The summed E-state index contributed by atoms with van der Waals surface area (Å²) in [7, 11) is 1.77. The third kappa shape index (κ3) is 3.70. The van der Waals surface area contributed by atoms with Crippen LogP contribution in [0.4, 0.5) is 10.2 Å². The number of ether oxygens (including phenoxy) is 1. The van der Waals surface area contributed by atoms with Gasteiger partial charge in [-0.25, -0.2) is 14.4 Å². The van der Waals surface area contributed by atoms with Gasteiger partial charge in [0.15, 0.2) is 0 Å². The Balaban J connectivity index is 1.66. The van der Waals surface area contributed by atoms with Gasteiger partial charge in [-0.3, -0.25) is 0 Å². The van der Waals surface area contributed by atoms with Crippen LogP contribution in [0.25, 0.3) is 22.4 Å². The Hall–Kier alpha value is -2.51. The van der Waals surface area contributed by atoms with Crippen molar-refractivity contribution in [3.63, 3.8) is 0 Å². The number of halogens is 1. The lowest BCUT2D eigenvalue weighted by atomic mass is 9.92. The van der Waals surface area contributed by atoms with Gasteiger partial charge in [0.25, 0.3) is 0 Å². The maximum atomic E-state index is 14.8. The van der Waals surface area contributed by atoms with E-state index in [0.717, 1.165) is 61.9 Å². The molecule has 3 atom stereocenters. The second-order valence-corrected chi connectivity index (χ2v) is 8.67. The largest absolute Gasteiger partial charge is 0.394 e. The van der Waals surface area contributed by atoms with Crippen LogP contribution in [0.15, 0.2) is 36.5 Å². The maximum absolute atomic E-state index is 14.8. The minimum Gasteiger partial charge on any atom is -0.394 e. The van der Waals surface area contributed by atoms with E-state index in [1.54, 1.807) is 25.4 Å². The fourth-order valence-electron chi connectivity index (χ4n) is 5.24. The molecular formula is C24H29FN4O2. The van der Waals surface area contributed by atoms with Crippen LogP contribution in [-0.4, -0.2) is 52.0 Å². The number of aliphatic hydroxyl groups excluding tert-OH is 1. The highest BCUT2D eigenvalue weighted by Gasteiger charge is 2.30. The van der Waals surface area contributed by atoms with Crippen molar-refractivity contribution in [1.29, 1.82) is 0 Å². The van der Waals surface area contributed by atoms with Gasteiger partial charge in [-0.05, 0) is 50.7 Å². The molecule has 1 aromatic carbocycles. The van der Waals surface area contributed by atoms with Gasteiger partial charge in [-0.1, -0.05) is 12.1 Å². The molecule has 3 aromatic rings. The SMILES string of the molecule is CO[C@@H]1CCC[C@@H](n2c(-c3ccccc3F)nc3cnc(N4CCC[C@H]4CO)cc32)C1. The molecular weight excluding hydrogens is 395 g/mol. The van der Waals surface area contributed by atoms with Crippen LogP contribution in [0, 0.1) is 5.82 Å². The van der Waals surface area contributed by atoms with Crippen molar-refractivity contribution in [2.24, 2.45) is 0 Å². The van der Waals surface area contributed by atoms with Gasteiger partial charge >= 0.3 is 0 Å². The fraction of sp³-hybridized carbons (Fsp3) is 0.500. The van der Waals surface area contributed by atoms with Crippen molar-refractivity contribution in [1.82, 2.24) is 14.5 Å². The molecule has 1 N–H and O–H groups in total. The number of aromatic nitrogens is 3. The standard InChI is InChI=1S/C24H29FN4O2/c1-31-18-8-4-6-16(12-18)29-22-13-23(28-11-5-7-17(28)15-30)26-14-21(22)27-24(29)19-9-2-3-10-20(19)25/h2-3,9-10,13-14,16-18,30H,4-8,11-12,15H2,1H3/t16-,17+,18-/m1/s1. The molecule has 2 fully saturated rings. The van der Waals surface area contributed by atoms with Gasteiger partial charge in [0, 0.05) is 25.8 Å². The summed E-state index contributed by atoms with van der Waals surface area (Å²) in [5, 5.41) is 9.77. The predicted molar refractivity (Wildman–Crippen MR) is 119 cm³/mol. The van der Waals surface area contributed by atoms with Gasteiger partial charge in [-0.2, -0.15) is 0 Å². The Labute approximate surface area is 181 Å². The molecule has 2 aliphatic rings. The summed E-state index contributed by atoms with van der Waals surface area (Å²) in [4.78, 5) is 11.7. The summed E-state index contributed by atoms with van der Waals surface area (Å²) in [5.74, 6) is 1.23. The third-order valence-electron chi connectivity index (χ3n) is 6.86. The van der Waals surface area contributed by atoms with Gasteiger partial charge in [0.2, 0.25) is 0 Å². The lowest BCUT2D eigenvalue weighted by molar-refractivity contribution is 0.0540. The minimum atomic E-state index is -0.272. The summed E-state index contributed by atoms with van der Waals surface area (Å²) in [6, 6.07) is 9.17. The number of nitrogens with zero attached hydrogens (tertiary/aromatic N) is 4. The van der Waals surface area contributed by atoms with E-state index in [9.17, 15) is 9.50 Å². The molecule has 0 spiro atoms. The number of fused-ring (bicyclic) bond motifs is 1. The molecule has 3 heterocycles. The van der Waals surface area contributed by atoms with Crippen molar-refractivity contribution < 1.29 is 14.2 Å². The van der Waals surface area contributed by atoms with E-state index in [-0.39, 0.29) is 30.6 Å². The summed E-state index contributed by atoms with van der Waals surface area (Å²) in [6.45, 7) is 1.00. The number of imidazole rings is 1. The average molecular weight is 425 g/mol. The van der Waals surface area contributed by atoms with Gasteiger partial charge in [0.05, 0.1) is 36.0 Å². The van der Waals surface area contributed by atoms with Crippen LogP contribution < -0.4 is 4.90 Å². The molecule has 31 heavy (non-hydrogen) atoms. The monoisotopic (exact) mass is 424 g/mol. The van der Waals surface area contributed by atoms with Crippen molar-refractivity contribution in [3.8, 4) is 11.4 Å². The van der Waals surface area contributed by atoms with E-state index in [0.29, 0.717) is 11.4 Å². The Bertz CT molecular complexity index is 1070. The second-order valence-electron chi connectivity index (χ2n) is 8.67. The van der Waals surface area contributed by atoms with E-state index in [2.05, 4.69) is 20.5 Å². The zero-order chi connectivity index (χ0) is 21.4. The molecule has 0 radical (unpaired) electrons. The molecule has 1 saturated heterocycles. The first-order valence-corrected chi connectivity index (χ1v) is 11.2. The van der Waals surface area contributed by atoms with E-state index in [4.69, 9.17) is 9.72 Å². The van der Waals surface area contributed by atoms with Crippen LogP contribution in [0.1, 0.15) is 44.6 Å². The topological polar surface area (TPSA) is 63.4 Å². The molecule has 7 heteroatoms. The van der Waals surface area contributed by atoms with Crippen LogP contribution in [0.3, 0.4) is 0 Å². The van der Waals surface area contributed by atoms with Crippen molar-refractivity contribution in [3.05, 3.63) is 42.3 Å². The molecule has 2 aromatic heterocycles. The average Bonchev–Trinajstić information content (AvgIpc) is 3.43. The number of pyridine rings is 1. The van der Waals surface area contributed by atoms with E-state index in [1.807, 2.05) is 6.07 Å². The van der Waals surface area contributed by atoms with Crippen molar-refractivity contribution in [2.45, 2.75) is 56.7 Å². The number of aliphatic hydroxyl groups is 1. The van der Waals surface area contributed by atoms with Gasteiger partial charge < -0.3 is 19.3 Å². The number of methoxy groups -OCH3 is 1. The molecule has 1 saturated carbocycles. The molecule has 0 amide bonds. The fourth-order valence-corrected chi connectivity index (χ4v) is 5.24. The minimum absolute atomic E-state index is 0.0971. The molecule has 0 bridgehead atoms. The highest BCUT2D eigenvalue weighted by Crippen LogP contribution is 2.38. The Morgan fingerprint density at radius 1 is 1.19 bits per heavy atom. The van der Waals surface area contributed by atoms with Crippen molar-refractivity contribution in [2.75, 3.05) is 25.2 Å². The number of hydrogen-bond donors (Lipinski definition) is 1. The zero-order valence-corrected chi connectivity index (χ0v) is 17.9. The quantitative estimate of drug-likeness (QED) is 0.661. The first-order chi connectivity index (χ1) is 15.2. The zero-order valence-electron chi connectivity index (χ0n) is 17.9. The number of hydrogen-bond acceptors (Lipinski definition) is 5. The molecule has 164 valence electrons. The van der Waals surface area contributed by atoms with Gasteiger partial charge in [0.1, 0.15) is 23.0 Å². The van der Waals surface area contributed by atoms with Crippen LogP contribution in [-0.2, 0) is 4.74 Å². The van der Waals surface area contributed by atoms with Crippen LogP contribution in [0.2, 0.25) is 0 Å². The molecule has 6 nitrogen and oxygen atoms in total. The number of benzene rings is 1. The summed E-state index contributed by atoms with van der Waals surface area (Å²) in [5.41, 5.74) is 2.24. The molecule has 5 rings (SSSR count). The Morgan fingerprint density at radius 3 is 2.87 bits per heavy atom. The Kier molecular flexibility index (Phi) is 5.63. The lowest BCUT2D eigenvalue weighted by Crippen LogP contribution is -2.32. The summed E-state index contributed by atoms with van der Waals surface area (Å²) < 4.78 is 22.7. The Morgan fingerprint density at radius 2 is 2.06 bits per heavy atom. The highest BCUT2D eigenvalue weighted by atomic mass is 19.1. The third-order valence-corrected chi connectivity index (χ3v) is 6.86. The molecule has 0 unspecified atom stereocenters. The molecule has 1 aliphatic carbocycles. The van der Waals surface area contributed by atoms with Crippen molar-refractivity contribution >= 4 is 16.9 Å². The molecule has 1 aliphatic heterocycles. The predicted octanol–water partition coefficient (Wildman–Crippen LogP) is 4.33. The second kappa shape index (κ2) is 8.55. The first kappa shape index (κ1) is 20.4. The van der Waals surface area contributed by atoms with Crippen LogP contribution in [0.5, 0.6) is 0 Å². The van der Waals surface area contributed by atoms with E-state index < -0.39 is 0 Å². The number of anilines is 1. The van der Waals surface area contributed by atoms with Crippen LogP contribution >= 0.6 is 0 Å². The summed E-state index contributed by atoms with van der Waals surface area (Å²) in [6.07, 6.45) is 8.00. The smallest absolute Gasteiger partial charge is 0.144 e.